The van der Waals surface area contributed by atoms with E-state index < -0.39 is 0 Å². The van der Waals surface area contributed by atoms with Gasteiger partial charge in [0.25, 0.3) is 0 Å². The van der Waals surface area contributed by atoms with Crippen LogP contribution in [0.1, 0.15) is 6.42 Å². The third kappa shape index (κ3) is 2.32. The van der Waals surface area contributed by atoms with Crippen LogP contribution in [0.2, 0.25) is 0 Å². The minimum Gasteiger partial charge on any atom is -0.368 e. The van der Waals surface area contributed by atoms with Crippen molar-refractivity contribution in [2.75, 3.05) is 25.0 Å². The van der Waals surface area contributed by atoms with Crippen LogP contribution in [-0.4, -0.2) is 26.2 Å². The Bertz CT molecular complexity index is 356. The molecule has 1 aliphatic heterocycles. The second-order valence-corrected chi connectivity index (χ2v) is 4.73. The van der Waals surface area contributed by atoms with Crippen molar-refractivity contribution >= 4 is 21.6 Å². The van der Waals surface area contributed by atoms with E-state index in [2.05, 4.69) is 26.1 Å². The number of nitrogens with zero attached hydrogens (tertiary/aromatic N) is 1. The Balaban J connectivity index is 2.17. The molecule has 2 rings (SSSR count). The Morgan fingerprint density at radius 3 is 2.93 bits per heavy atom. The Kier molecular flexibility index (Phi) is 3.26. The molecule has 1 N–H and O–H groups in total. The van der Waals surface area contributed by atoms with Gasteiger partial charge in [-0.1, -0.05) is 15.9 Å². The lowest BCUT2D eigenvalue weighted by molar-refractivity contribution is 0.608. The van der Waals surface area contributed by atoms with E-state index in [1.165, 1.54) is 6.07 Å². The van der Waals surface area contributed by atoms with Crippen molar-refractivity contribution in [2.24, 2.45) is 0 Å². The molecular formula is C11H14BrFN2. The van der Waals surface area contributed by atoms with Crippen LogP contribution < -0.4 is 10.2 Å². The number of halogens is 2. The summed E-state index contributed by atoms with van der Waals surface area (Å²) in [5.74, 6) is -0.152. The van der Waals surface area contributed by atoms with Crippen LogP contribution in [0.5, 0.6) is 0 Å². The minimum absolute atomic E-state index is 0.152. The summed E-state index contributed by atoms with van der Waals surface area (Å²) in [5.41, 5.74) is 0.705. The molecule has 0 spiro atoms. The van der Waals surface area contributed by atoms with Crippen molar-refractivity contribution in [1.29, 1.82) is 0 Å². The second kappa shape index (κ2) is 4.49. The standard InChI is InChI=1S/C11H14BrFN2/c1-14-9-4-5-15(7-9)11-3-2-8(12)6-10(11)13/h2-3,6,9,14H,4-5,7H2,1H3. The second-order valence-electron chi connectivity index (χ2n) is 3.82. The number of benzene rings is 1. The number of hydrogen-bond acceptors (Lipinski definition) is 2. The first-order valence-corrected chi connectivity index (χ1v) is 5.87. The van der Waals surface area contributed by atoms with Gasteiger partial charge < -0.3 is 10.2 Å². The molecule has 82 valence electrons. The van der Waals surface area contributed by atoms with Gasteiger partial charge in [-0.3, -0.25) is 0 Å². The zero-order valence-electron chi connectivity index (χ0n) is 8.63. The van der Waals surface area contributed by atoms with E-state index in [9.17, 15) is 4.39 Å². The van der Waals surface area contributed by atoms with Crippen LogP contribution in [-0.2, 0) is 0 Å². The Morgan fingerprint density at radius 2 is 2.33 bits per heavy atom. The SMILES string of the molecule is CNC1CCN(c2ccc(Br)cc2F)C1. The fraction of sp³-hybridized carbons (Fsp3) is 0.455. The zero-order chi connectivity index (χ0) is 10.8. The summed E-state index contributed by atoms with van der Waals surface area (Å²) in [7, 11) is 1.95. The average molecular weight is 273 g/mol. The number of rotatable bonds is 2. The molecule has 0 aromatic heterocycles. The fourth-order valence-electron chi connectivity index (χ4n) is 1.95. The van der Waals surface area contributed by atoms with Crippen molar-refractivity contribution in [2.45, 2.75) is 12.5 Å². The predicted molar refractivity (Wildman–Crippen MR) is 63.8 cm³/mol. The number of hydrogen-bond donors (Lipinski definition) is 1. The highest BCUT2D eigenvalue weighted by Gasteiger charge is 2.22. The minimum atomic E-state index is -0.152. The number of likely N-dealkylation sites (N-methyl/N-ethyl adjacent to an activating group) is 1. The summed E-state index contributed by atoms with van der Waals surface area (Å²) in [4.78, 5) is 2.09. The first-order chi connectivity index (χ1) is 7.20. The topological polar surface area (TPSA) is 15.3 Å². The molecule has 1 fully saturated rings. The smallest absolute Gasteiger partial charge is 0.147 e. The van der Waals surface area contributed by atoms with Crippen LogP contribution in [0.25, 0.3) is 0 Å². The van der Waals surface area contributed by atoms with E-state index in [-0.39, 0.29) is 5.82 Å². The van der Waals surface area contributed by atoms with Crippen LogP contribution >= 0.6 is 15.9 Å². The Labute approximate surface area is 97.6 Å². The lowest BCUT2D eigenvalue weighted by atomic mass is 10.3. The normalized spacial score (nSPS) is 21.0. The van der Waals surface area contributed by atoms with E-state index in [1.807, 2.05) is 19.2 Å². The van der Waals surface area contributed by atoms with Gasteiger partial charge in [0.05, 0.1) is 5.69 Å². The quantitative estimate of drug-likeness (QED) is 0.890. The lowest BCUT2D eigenvalue weighted by Crippen LogP contribution is -2.29. The zero-order valence-corrected chi connectivity index (χ0v) is 10.2. The van der Waals surface area contributed by atoms with Gasteiger partial charge in [0.1, 0.15) is 5.82 Å². The van der Waals surface area contributed by atoms with E-state index in [0.717, 1.165) is 24.0 Å². The molecule has 1 aromatic rings. The fourth-order valence-corrected chi connectivity index (χ4v) is 2.29. The predicted octanol–water partition coefficient (Wildman–Crippen LogP) is 2.39. The summed E-state index contributed by atoms with van der Waals surface area (Å²) in [6.45, 7) is 1.80. The molecule has 15 heavy (non-hydrogen) atoms. The van der Waals surface area contributed by atoms with Gasteiger partial charge in [-0.25, -0.2) is 4.39 Å². The highest BCUT2D eigenvalue weighted by atomic mass is 79.9. The van der Waals surface area contributed by atoms with E-state index in [4.69, 9.17) is 0 Å². The van der Waals surface area contributed by atoms with Gasteiger partial charge in [0.2, 0.25) is 0 Å². The largest absolute Gasteiger partial charge is 0.368 e. The number of nitrogens with one attached hydrogen (secondary N) is 1. The maximum absolute atomic E-state index is 13.6. The average Bonchev–Trinajstić information content (AvgIpc) is 2.66. The van der Waals surface area contributed by atoms with E-state index in [0.29, 0.717) is 11.7 Å². The lowest BCUT2D eigenvalue weighted by Gasteiger charge is -2.19. The molecule has 0 bridgehead atoms. The maximum Gasteiger partial charge on any atom is 0.147 e. The molecule has 1 atom stereocenters. The molecule has 1 saturated heterocycles. The van der Waals surface area contributed by atoms with Gasteiger partial charge >= 0.3 is 0 Å². The molecule has 1 unspecified atom stereocenters. The van der Waals surface area contributed by atoms with Gasteiger partial charge in [-0.05, 0) is 31.7 Å². The van der Waals surface area contributed by atoms with Crippen molar-refractivity contribution < 1.29 is 4.39 Å². The first kappa shape index (κ1) is 10.9. The Morgan fingerprint density at radius 1 is 1.53 bits per heavy atom. The van der Waals surface area contributed by atoms with Gasteiger partial charge in [-0.2, -0.15) is 0 Å². The molecule has 0 radical (unpaired) electrons. The maximum atomic E-state index is 13.6. The van der Waals surface area contributed by atoms with Crippen molar-refractivity contribution in [1.82, 2.24) is 5.32 Å². The van der Waals surface area contributed by atoms with Gasteiger partial charge in [-0.15, -0.1) is 0 Å². The third-order valence-corrected chi connectivity index (χ3v) is 3.34. The molecule has 0 amide bonds. The first-order valence-electron chi connectivity index (χ1n) is 5.08. The summed E-state index contributed by atoms with van der Waals surface area (Å²) >= 11 is 3.26. The Hall–Kier alpha value is -0.610. The van der Waals surface area contributed by atoms with Crippen molar-refractivity contribution in [3.63, 3.8) is 0 Å². The van der Waals surface area contributed by atoms with E-state index in [1.54, 1.807) is 0 Å². The molecule has 0 saturated carbocycles. The molecule has 2 nitrogen and oxygen atoms in total. The molecule has 1 heterocycles. The molecular weight excluding hydrogens is 259 g/mol. The monoisotopic (exact) mass is 272 g/mol. The van der Waals surface area contributed by atoms with Crippen LogP contribution in [0, 0.1) is 5.82 Å². The highest BCUT2D eigenvalue weighted by molar-refractivity contribution is 9.10. The van der Waals surface area contributed by atoms with Crippen LogP contribution in [0.3, 0.4) is 0 Å². The van der Waals surface area contributed by atoms with Crippen LogP contribution in [0.15, 0.2) is 22.7 Å². The third-order valence-electron chi connectivity index (χ3n) is 2.85. The molecule has 0 aliphatic carbocycles. The van der Waals surface area contributed by atoms with Gasteiger partial charge in [0.15, 0.2) is 0 Å². The highest BCUT2D eigenvalue weighted by Crippen LogP contribution is 2.26. The van der Waals surface area contributed by atoms with Gasteiger partial charge in [0, 0.05) is 23.6 Å². The summed E-state index contributed by atoms with van der Waals surface area (Å²) < 4.78 is 14.4. The summed E-state index contributed by atoms with van der Waals surface area (Å²) in [6.07, 6.45) is 1.08. The molecule has 4 heteroatoms. The summed E-state index contributed by atoms with van der Waals surface area (Å²) in [5, 5.41) is 3.22. The summed E-state index contributed by atoms with van der Waals surface area (Å²) in [6, 6.07) is 5.71. The molecule has 1 aliphatic rings. The van der Waals surface area contributed by atoms with Crippen molar-refractivity contribution in [3.05, 3.63) is 28.5 Å². The number of anilines is 1. The van der Waals surface area contributed by atoms with Crippen molar-refractivity contribution in [3.8, 4) is 0 Å². The van der Waals surface area contributed by atoms with E-state index >= 15 is 0 Å². The van der Waals surface area contributed by atoms with Crippen LogP contribution in [0.4, 0.5) is 10.1 Å². The molecule has 1 aromatic carbocycles.